The third-order valence-electron chi connectivity index (χ3n) is 1.42. The third-order valence-corrected chi connectivity index (χ3v) is 1.42. The van der Waals surface area contributed by atoms with Gasteiger partial charge in [-0.15, -0.1) is 0 Å². The Balaban J connectivity index is 3.92. The first-order chi connectivity index (χ1) is 5.88. The fraction of sp³-hybridized carbons (Fsp3) is 0.600. The molecule has 0 saturated carbocycles. The maximum atomic E-state index is 11.2. The summed E-state index contributed by atoms with van der Waals surface area (Å²) in [6, 6.07) is 0. The molecule has 0 atom stereocenters. The molecule has 3 heteroatoms. The Morgan fingerprint density at radius 1 is 1.38 bits per heavy atom. The van der Waals surface area contributed by atoms with Gasteiger partial charge in [0.2, 0.25) is 0 Å². The maximum Gasteiger partial charge on any atom is 0.311 e. The zero-order valence-electron chi connectivity index (χ0n) is 8.59. The number of allylic oxidation sites excluding steroid dienone is 1. The summed E-state index contributed by atoms with van der Waals surface area (Å²) in [5.41, 5.74) is 0.0878. The quantitative estimate of drug-likeness (QED) is 0.381. The molecule has 0 radical (unpaired) electrons. The van der Waals surface area contributed by atoms with E-state index in [4.69, 9.17) is 4.74 Å². The normalized spacial score (nSPS) is 12.5. The average Bonchev–Trinajstić information content (AvgIpc) is 2.02. The number of carbonyl (C=O) groups is 2. The van der Waals surface area contributed by atoms with Crippen LogP contribution in [-0.4, -0.2) is 18.9 Å². The lowest BCUT2D eigenvalue weighted by atomic mass is 9.97. The number of carbonyl (C=O) groups excluding carboxylic acids is 2. The SMILES string of the molecule is C/C(C=O)=C\COC(=O)C(C)(C)C. The van der Waals surface area contributed by atoms with Crippen LogP contribution in [0.1, 0.15) is 27.7 Å². The number of hydrogen-bond acceptors (Lipinski definition) is 3. The van der Waals surface area contributed by atoms with Crippen molar-refractivity contribution >= 4 is 12.3 Å². The van der Waals surface area contributed by atoms with Crippen molar-refractivity contribution in [3.8, 4) is 0 Å². The Labute approximate surface area is 78.8 Å². The molecular formula is C10H16O3. The van der Waals surface area contributed by atoms with Crippen molar-refractivity contribution in [1.29, 1.82) is 0 Å². The molecule has 0 bridgehead atoms. The van der Waals surface area contributed by atoms with Crippen molar-refractivity contribution in [2.45, 2.75) is 27.7 Å². The van der Waals surface area contributed by atoms with Gasteiger partial charge in [0.25, 0.3) is 0 Å². The van der Waals surface area contributed by atoms with E-state index in [1.165, 1.54) is 0 Å². The first kappa shape index (κ1) is 11.9. The molecule has 0 rings (SSSR count). The average molecular weight is 184 g/mol. The van der Waals surface area contributed by atoms with E-state index in [1.54, 1.807) is 33.8 Å². The summed E-state index contributed by atoms with van der Waals surface area (Å²) >= 11 is 0. The molecule has 0 aromatic carbocycles. The van der Waals surface area contributed by atoms with Gasteiger partial charge >= 0.3 is 5.97 Å². The van der Waals surface area contributed by atoms with Crippen LogP contribution < -0.4 is 0 Å². The second-order valence-corrected chi connectivity index (χ2v) is 3.91. The summed E-state index contributed by atoms with van der Waals surface area (Å²) in [4.78, 5) is 21.4. The van der Waals surface area contributed by atoms with Gasteiger partial charge in [0.15, 0.2) is 0 Å². The molecule has 0 fully saturated rings. The Hall–Kier alpha value is -1.12. The van der Waals surface area contributed by atoms with Gasteiger partial charge < -0.3 is 4.74 Å². The van der Waals surface area contributed by atoms with Crippen molar-refractivity contribution in [3.63, 3.8) is 0 Å². The van der Waals surface area contributed by atoms with Gasteiger partial charge in [-0.1, -0.05) is 0 Å². The van der Waals surface area contributed by atoms with Crippen LogP contribution >= 0.6 is 0 Å². The minimum absolute atomic E-state index is 0.167. The molecule has 74 valence electrons. The van der Waals surface area contributed by atoms with Gasteiger partial charge in [-0.2, -0.15) is 0 Å². The Morgan fingerprint density at radius 3 is 2.31 bits per heavy atom. The number of aldehydes is 1. The van der Waals surface area contributed by atoms with Crippen LogP contribution in [0.4, 0.5) is 0 Å². The summed E-state index contributed by atoms with van der Waals surface area (Å²) in [5.74, 6) is -0.262. The lowest BCUT2D eigenvalue weighted by Crippen LogP contribution is -2.22. The van der Waals surface area contributed by atoms with Crippen LogP contribution in [0.3, 0.4) is 0 Å². The van der Waals surface area contributed by atoms with Gasteiger partial charge in [0.1, 0.15) is 12.9 Å². The van der Waals surface area contributed by atoms with Crippen molar-refractivity contribution in [1.82, 2.24) is 0 Å². The van der Waals surface area contributed by atoms with E-state index < -0.39 is 5.41 Å². The standard InChI is InChI=1S/C10H16O3/c1-8(7-11)5-6-13-9(12)10(2,3)4/h5,7H,6H2,1-4H3/b8-5+. The Kier molecular flexibility index (Phi) is 4.38. The number of rotatable bonds is 3. The van der Waals surface area contributed by atoms with Gasteiger partial charge in [0.05, 0.1) is 5.41 Å². The number of ether oxygens (including phenoxy) is 1. The van der Waals surface area contributed by atoms with Gasteiger partial charge in [-0.05, 0) is 39.3 Å². The molecule has 0 amide bonds. The monoisotopic (exact) mass is 184 g/mol. The van der Waals surface area contributed by atoms with Crippen LogP contribution in [0.2, 0.25) is 0 Å². The highest BCUT2D eigenvalue weighted by atomic mass is 16.5. The molecule has 0 unspecified atom stereocenters. The summed E-state index contributed by atoms with van der Waals surface area (Å²) < 4.78 is 4.90. The van der Waals surface area contributed by atoms with E-state index in [0.717, 1.165) is 6.29 Å². The molecule has 13 heavy (non-hydrogen) atoms. The number of hydrogen-bond donors (Lipinski definition) is 0. The van der Waals surface area contributed by atoms with Crippen LogP contribution in [0.15, 0.2) is 11.6 Å². The lowest BCUT2D eigenvalue weighted by Gasteiger charge is -2.15. The van der Waals surface area contributed by atoms with Gasteiger partial charge in [0, 0.05) is 0 Å². The number of esters is 1. The highest BCUT2D eigenvalue weighted by Crippen LogP contribution is 2.14. The molecule has 0 saturated heterocycles. The Bertz CT molecular complexity index is 221. The van der Waals surface area contributed by atoms with Crippen LogP contribution in [0, 0.1) is 5.41 Å². The van der Waals surface area contributed by atoms with Crippen molar-refractivity contribution in [2.75, 3.05) is 6.61 Å². The fourth-order valence-electron chi connectivity index (χ4n) is 0.513. The second kappa shape index (κ2) is 4.80. The topological polar surface area (TPSA) is 43.4 Å². The molecule has 3 nitrogen and oxygen atoms in total. The van der Waals surface area contributed by atoms with E-state index in [0.29, 0.717) is 5.57 Å². The van der Waals surface area contributed by atoms with Crippen LogP contribution in [0.5, 0.6) is 0 Å². The summed E-state index contributed by atoms with van der Waals surface area (Å²) in [5, 5.41) is 0. The van der Waals surface area contributed by atoms with Crippen molar-refractivity contribution < 1.29 is 14.3 Å². The van der Waals surface area contributed by atoms with Crippen molar-refractivity contribution in [3.05, 3.63) is 11.6 Å². The Morgan fingerprint density at radius 2 is 1.92 bits per heavy atom. The van der Waals surface area contributed by atoms with E-state index in [1.807, 2.05) is 0 Å². The molecule has 0 spiro atoms. The zero-order valence-corrected chi connectivity index (χ0v) is 8.59. The lowest BCUT2D eigenvalue weighted by molar-refractivity contribution is -0.151. The fourth-order valence-corrected chi connectivity index (χ4v) is 0.513. The molecule has 0 N–H and O–H groups in total. The van der Waals surface area contributed by atoms with E-state index in [2.05, 4.69) is 0 Å². The minimum atomic E-state index is -0.483. The predicted octanol–water partition coefficient (Wildman–Crippen LogP) is 1.72. The molecule has 0 aliphatic rings. The molecule has 0 aliphatic heterocycles. The molecule has 0 aromatic rings. The van der Waals surface area contributed by atoms with Crippen LogP contribution in [0.25, 0.3) is 0 Å². The first-order valence-corrected chi connectivity index (χ1v) is 4.17. The largest absolute Gasteiger partial charge is 0.461 e. The first-order valence-electron chi connectivity index (χ1n) is 4.17. The summed E-state index contributed by atoms with van der Waals surface area (Å²) in [6.45, 7) is 7.18. The summed E-state index contributed by atoms with van der Waals surface area (Å²) in [7, 11) is 0. The second-order valence-electron chi connectivity index (χ2n) is 3.91. The van der Waals surface area contributed by atoms with Crippen LogP contribution in [-0.2, 0) is 14.3 Å². The highest BCUT2D eigenvalue weighted by molar-refractivity contribution is 5.76. The summed E-state index contributed by atoms with van der Waals surface area (Å²) in [6.07, 6.45) is 2.31. The van der Waals surface area contributed by atoms with Gasteiger partial charge in [-0.3, -0.25) is 9.59 Å². The molecule has 0 aromatic heterocycles. The molecule has 0 aliphatic carbocycles. The smallest absolute Gasteiger partial charge is 0.311 e. The van der Waals surface area contributed by atoms with Crippen molar-refractivity contribution in [2.24, 2.45) is 5.41 Å². The molecular weight excluding hydrogens is 168 g/mol. The van der Waals surface area contributed by atoms with E-state index in [9.17, 15) is 9.59 Å². The van der Waals surface area contributed by atoms with E-state index in [-0.39, 0.29) is 12.6 Å². The van der Waals surface area contributed by atoms with Gasteiger partial charge in [-0.25, -0.2) is 0 Å². The minimum Gasteiger partial charge on any atom is -0.461 e. The molecule has 0 heterocycles. The predicted molar refractivity (Wildman–Crippen MR) is 50.2 cm³/mol. The zero-order chi connectivity index (χ0) is 10.5. The maximum absolute atomic E-state index is 11.2. The van der Waals surface area contributed by atoms with E-state index >= 15 is 0 Å². The third kappa shape index (κ3) is 5.17. The highest BCUT2D eigenvalue weighted by Gasteiger charge is 2.22.